The highest BCUT2D eigenvalue weighted by molar-refractivity contribution is 5.53. The molecule has 2 rings (SSSR count). The van der Waals surface area contributed by atoms with Gasteiger partial charge in [-0.05, 0) is 42.3 Å². The van der Waals surface area contributed by atoms with E-state index in [-0.39, 0.29) is 5.82 Å². The first-order valence-corrected chi connectivity index (χ1v) is 7.45. The van der Waals surface area contributed by atoms with Gasteiger partial charge in [-0.3, -0.25) is 0 Å². The number of hydrogen-bond donors (Lipinski definition) is 1. The van der Waals surface area contributed by atoms with Crippen LogP contribution in [0, 0.1) is 5.82 Å². The highest BCUT2D eigenvalue weighted by Gasteiger charge is 2.07. The average Bonchev–Trinajstić information content (AvgIpc) is 2.50. The molecule has 0 fully saturated rings. The second-order valence-electron chi connectivity index (χ2n) is 5.29. The van der Waals surface area contributed by atoms with Gasteiger partial charge in [0.15, 0.2) is 0 Å². The molecule has 0 unspecified atom stereocenters. The molecule has 21 heavy (non-hydrogen) atoms. The van der Waals surface area contributed by atoms with Crippen molar-refractivity contribution in [1.29, 1.82) is 0 Å². The van der Waals surface area contributed by atoms with E-state index in [2.05, 4.69) is 48.5 Å². The molecular formula is C18H23FN2. The molecule has 0 aliphatic rings. The molecule has 0 bridgehead atoms. The highest BCUT2D eigenvalue weighted by Crippen LogP contribution is 2.21. The molecule has 2 aromatic rings. The molecule has 2 nitrogen and oxygen atoms in total. The van der Waals surface area contributed by atoms with Crippen LogP contribution in [0.25, 0.3) is 0 Å². The van der Waals surface area contributed by atoms with E-state index in [1.807, 2.05) is 12.1 Å². The smallest absolute Gasteiger partial charge is 0.123 e. The molecular weight excluding hydrogens is 263 g/mol. The number of hydrogen-bond acceptors (Lipinski definition) is 2. The topological polar surface area (TPSA) is 15.3 Å². The van der Waals surface area contributed by atoms with Crippen molar-refractivity contribution in [3.63, 3.8) is 0 Å². The molecule has 0 saturated heterocycles. The van der Waals surface area contributed by atoms with Crippen LogP contribution < -0.4 is 10.2 Å². The van der Waals surface area contributed by atoms with Crippen molar-refractivity contribution in [2.75, 3.05) is 18.5 Å². The summed E-state index contributed by atoms with van der Waals surface area (Å²) in [7, 11) is 2.07. The lowest BCUT2D eigenvalue weighted by Crippen LogP contribution is -2.21. The monoisotopic (exact) mass is 286 g/mol. The summed E-state index contributed by atoms with van der Waals surface area (Å²) >= 11 is 0. The third-order valence-corrected chi connectivity index (χ3v) is 3.48. The van der Waals surface area contributed by atoms with Gasteiger partial charge >= 0.3 is 0 Å². The molecule has 0 aliphatic carbocycles. The van der Waals surface area contributed by atoms with Crippen LogP contribution >= 0.6 is 0 Å². The first kappa shape index (κ1) is 15.5. The lowest BCUT2D eigenvalue weighted by molar-refractivity contribution is 0.627. The van der Waals surface area contributed by atoms with Crippen LogP contribution in [0.1, 0.15) is 24.5 Å². The summed E-state index contributed by atoms with van der Waals surface area (Å²) in [6.45, 7) is 4.83. The Bertz CT molecular complexity index is 551. The number of nitrogens with one attached hydrogen (secondary N) is 1. The maximum atomic E-state index is 13.0. The average molecular weight is 286 g/mol. The van der Waals surface area contributed by atoms with Crippen LogP contribution in [-0.4, -0.2) is 13.6 Å². The molecule has 112 valence electrons. The van der Waals surface area contributed by atoms with E-state index in [1.165, 1.54) is 23.4 Å². The summed E-state index contributed by atoms with van der Waals surface area (Å²) in [5.74, 6) is -0.189. The molecule has 0 saturated carbocycles. The van der Waals surface area contributed by atoms with E-state index >= 15 is 0 Å². The van der Waals surface area contributed by atoms with Crippen LogP contribution in [0.15, 0.2) is 48.5 Å². The van der Waals surface area contributed by atoms with Crippen molar-refractivity contribution < 1.29 is 4.39 Å². The second kappa shape index (κ2) is 7.79. The van der Waals surface area contributed by atoms with E-state index in [0.29, 0.717) is 0 Å². The van der Waals surface area contributed by atoms with E-state index in [9.17, 15) is 4.39 Å². The molecule has 0 heterocycles. The van der Waals surface area contributed by atoms with Crippen molar-refractivity contribution in [3.05, 3.63) is 65.5 Å². The predicted octanol–water partition coefficient (Wildman–Crippen LogP) is 3.96. The summed E-state index contributed by atoms with van der Waals surface area (Å²) in [4.78, 5) is 2.20. The zero-order valence-corrected chi connectivity index (χ0v) is 12.8. The Morgan fingerprint density at radius 3 is 2.48 bits per heavy atom. The number of benzene rings is 2. The van der Waals surface area contributed by atoms with Gasteiger partial charge in [-0.2, -0.15) is 0 Å². The van der Waals surface area contributed by atoms with Gasteiger partial charge in [0.25, 0.3) is 0 Å². The molecule has 0 radical (unpaired) electrons. The standard InChI is InChI=1S/C18H23FN2/c1-3-12-20-13-16-6-4-5-7-18(16)21(2)14-15-8-10-17(19)11-9-15/h4-11,20H,3,12-14H2,1-2H3. The Balaban J connectivity index is 2.07. The lowest BCUT2D eigenvalue weighted by Gasteiger charge is -2.23. The fourth-order valence-corrected chi connectivity index (χ4v) is 2.38. The molecule has 1 N–H and O–H groups in total. The molecule has 0 spiro atoms. The Hall–Kier alpha value is -1.87. The van der Waals surface area contributed by atoms with Gasteiger partial charge in [0.2, 0.25) is 0 Å². The van der Waals surface area contributed by atoms with Crippen LogP contribution in [0.3, 0.4) is 0 Å². The normalized spacial score (nSPS) is 10.6. The molecule has 0 atom stereocenters. The SMILES string of the molecule is CCCNCc1ccccc1N(C)Cc1ccc(F)cc1. The van der Waals surface area contributed by atoms with Crippen molar-refractivity contribution in [2.24, 2.45) is 0 Å². The third kappa shape index (κ3) is 4.57. The minimum Gasteiger partial charge on any atom is -0.370 e. The van der Waals surface area contributed by atoms with Crippen molar-refractivity contribution in [3.8, 4) is 0 Å². The minimum atomic E-state index is -0.189. The van der Waals surface area contributed by atoms with Gasteiger partial charge in [-0.25, -0.2) is 4.39 Å². The molecule has 2 aromatic carbocycles. The maximum Gasteiger partial charge on any atom is 0.123 e. The fourth-order valence-electron chi connectivity index (χ4n) is 2.38. The number of anilines is 1. The molecule has 0 aliphatic heterocycles. The van der Waals surface area contributed by atoms with Gasteiger partial charge in [-0.15, -0.1) is 0 Å². The summed E-state index contributed by atoms with van der Waals surface area (Å²) in [5.41, 5.74) is 3.61. The van der Waals surface area contributed by atoms with Gasteiger partial charge in [-0.1, -0.05) is 37.3 Å². The van der Waals surface area contributed by atoms with Gasteiger partial charge in [0, 0.05) is 25.8 Å². The van der Waals surface area contributed by atoms with E-state index in [1.54, 1.807) is 0 Å². The molecule has 3 heteroatoms. The minimum absolute atomic E-state index is 0.189. The fraction of sp³-hybridized carbons (Fsp3) is 0.333. The second-order valence-corrected chi connectivity index (χ2v) is 5.29. The number of nitrogens with zero attached hydrogens (tertiary/aromatic N) is 1. The zero-order valence-electron chi connectivity index (χ0n) is 12.8. The first-order valence-electron chi connectivity index (χ1n) is 7.45. The van der Waals surface area contributed by atoms with Gasteiger partial charge in [0.1, 0.15) is 5.82 Å². The van der Waals surface area contributed by atoms with Crippen molar-refractivity contribution in [1.82, 2.24) is 5.32 Å². The van der Waals surface area contributed by atoms with Crippen LogP contribution in [0.5, 0.6) is 0 Å². The van der Waals surface area contributed by atoms with Crippen molar-refractivity contribution >= 4 is 5.69 Å². The van der Waals surface area contributed by atoms with Gasteiger partial charge < -0.3 is 10.2 Å². The summed E-state index contributed by atoms with van der Waals surface area (Å²) in [5, 5.41) is 3.44. The summed E-state index contributed by atoms with van der Waals surface area (Å²) in [6, 6.07) is 15.1. The zero-order chi connectivity index (χ0) is 15.1. The largest absolute Gasteiger partial charge is 0.370 e. The van der Waals surface area contributed by atoms with Crippen molar-refractivity contribution in [2.45, 2.75) is 26.4 Å². The van der Waals surface area contributed by atoms with E-state index in [0.717, 1.165) is 31.6 Å². The maximum absolute atomic E-state index is 13.0. The van der Waals surface area contributed by atoms with E-state index < -0.39 is 0 Å². The molecule has 0 amide bonds. The summed E-state index contributed by atoms with van der Waals surface area (Å²) in [6.07, 6.45) is 1.13. The Labute approximate surface area is 126 Å². The van der Waals surface area contributed by atoms with Crippen LogP contribution in [-0.2, 0) is 13.1 Å². The Morgan fingerprint density at radius 2 is 1.76 bits per heavy atom. The number of para-hydroxylation sites is 1. The number of halogens is 1. The Kier molecular flexibility index (Phi) is 5.76. The van der Waals surface area contributed by atoms with Gasteiger partial charge in [0.05, 0.1) is 0 Å². The third-order valence-electron chi connectivity index (χ3n) is 3.48. The quantitative estimate of drug-likeness (QED) is 0.775. The van der Waals surface area contributed by atoms with Crippen LogP contribution in [0.4, 0.5) is 10.1 Å². The number of rotatable bonds is 7. The predicted molar refractivity (Wildman–Crippen MR) is 86.9 cm³/mol. The van der Waals surface area contributed by atoms with Crippen LogP contribution in [0.2, 0.25) is 0 Å². The lowest BCUT2D eigenvalue weighted by atomic mass is 10.1. The summed E-state index contributed by atoms with van der Waals surface area (Å²) < 4.78 is 13.0. The Morgan fingerprint density at radius 1 is 1.05 bits per heavy atom. The molecule has 0 aromatic heterocycles. The van der Waals surface area contributed by atoms with E-state index in [4.69, 9.17) is 0 Å². The first-order chi connectivity index (χ1) is 10.2. The highest BCUT2D eigenvalue weighted by atomic mass is 19.1.